The molecule has 298 valence electrons. The molecule has 0 fully saturated rings. The average Bonchev–Trinajstić information content (AvgIpc) is 4.13. The van der Waals surface area contributed by atoms with Crippen molar-refractivity contribution in [3.05, 3.63) is 194 Å². The first-order valence-corrected chi connectivity index (χ1v) is 23.0. The summed E-state index contributed by atoms with van der Waals surface area (Å²) in [6, 6.07) is 68.9. The lowest BCUT2D eigenvalue weighted by Crippen LogP contribution is -2.00. The highest BCUT2D eigenvalue weighted by molar-refractivity contribution is 7.26. The number of aromatic nitrogens is 4. The van der Waals surface area contributed by atoms with Gasteiger partial charge in [-0.05, 0) is 66.2 Å². The van der Waals surface area contributed by atoms with E-state index in [1.54, 1.807) is 11.3 Å². The summed E-state index contributed by atoms with van der Waals surface area (Å²) >= 11 is 3.64. The SMILES string of the molecule is c1ccc(-c2nc(-c3cccc4c3sc3ccccc34)nc(-c3cccc4oc5ccc(-c6cccc7c8c9c(ccc8n(-c8ccccc8)c67)sc6ccccc69)cc5c34)n2)cc1. The maximum Gasteiger partial charge on any atom is 0.165 e. The largest absolute Gasteiger partial charge is 0.456 e. The standard InChI is InChI=1S/C57H32N4OS2/c1-3-14-33(15-4-1)55-58-56(60-57(59-55)42-24-12-21-38-37-18-7-9-26-47(37)64-54(38)42)41-23-13-25-46-50(41)43-32-34(28-30-45(43)62-46)36-20-11-22-40-51-44(61(53(36)40)35-16-5-2-6-17-35)29-31-49-52(51)39-19-8-10-27-48(39)63-49/h1-32H. The first-order chi connectivity index (χ1) is 31.7. The van der Waals surface area contributed by atoms with Crippen LogP contribution in [0.3, 0.4) is 0 Å². The third-order valence-corrected chi connectivity index (χ3v) is 15.0. The molecule has 14 rings (SSSR count). The Kier molecular flexibility index (Phi) is 7.66. The maximum absolute atomic E-state index is 6.66. The molecule has 0 unspecified atom stereocenters. The van der Waals surface area contributed by atoms with E-state index in [4.69, 9.17) is 19.4 Å². The van der Waals surface area contributed by atoms with Crippen LogP contribution in [0.25, 0.3) is 135 Å². The molecule has 0 aliphatic heterocycles. The molecule has 0 N–H and O–H groups in total. The number of para-hydroxylation sites is 2. The smallest absolute Gasteiger partial charge is 0.165 e. The normalized spacial score (nSPS) is 12.1. The lowest BCUT2D eigenvalue weighted by Gasteiger charge is -2.12. The summed E-state index contributed by atoms with van der Waals surface area (Å²) in [4.78, 5) is 15.7. The van der Waals surface area contributed by atoms with E-state index in [0.29, 0.717) is 17.5 Å². The second-order valence-electron chi connectivity index (χ2n) is 16.2. The fourth-order valence-corrected chi connectivity index (χ4v) is 12.2. The molecule has 0 saturated carbocycles. The Morgan fingerprint density at radius 2 is 1.03 bits per heavy atom. The van der Waals surface area contributed by atoms with E-state index in [2.05, 4.69) is 168 Å². The molecule has 0 spiro atoms. The molecule has 5 aromatic heterocycles. The number of thiophene rings is 2. The Balaban J connectivity index is 1.02. The highest BCUT2D eigenvalue weighted by atomic mass is 32.1. The van der Waals surface area contributed by atoms with Gasteiger partial charge < -0.3 is 8.98 Å². The molecule has 5 heterocycles. The molecule has 7 heteroatoms. The Hall–Kier alpha value is -7.97. The van der Waals surface area contributed by atoms with Crippen molar-refractivity contribution in [2.75, 3.05) is 0 Å². The Labute approximate surface area is 373 Å². The summed E-state index contributed by atoms with van der Waals surface area (Å²) in [5.41, 5.74) is 10.1. The predicted octanol–water partition coefficient (Wildman–Crippen LogP) is 16.3. The molecular formula is C57H32N4OS2. The van der Waals surface area contributed by atoms with Crippen LogP contribution in [0.2, 0.25) is 0 Å². The number of hydrogen-bond donors (Lipinski definition) is 0. The molecule has 0 atom stereocenters. The van der Waals surface area contributed by atoms with Gasteiger partial charge in [0.15, 0.2) is 17.5 Å². The third-order valence-electron chi connectivity index (χ3n) is 12.7. The molecule has 0 amide bonds. The van der Waals surface area contributed by atoms with Gasteiger partial charge in [-0.3, -0.25) is 0 Å². The van der Waals surface area contributed by atoms with Gasteiger partial charge in [0.25, 0.3) is 0 Å². The van der Waals surface area contributed by atoms with Crippen LogP contribution in [0.5, 0.6) is 0 Å². The molecule has 14 aromatic rings. The second-order valence-corrected chi connectivity index (χ2v) is 18.4. The lowest BCUT2D eigenvalue weighted by atomic mass is 9.98. The van der Waals surface area contributed by atoms with Gasteiger partial charge in [0.05, 0.1) is 11.0 Å². The van der Waals surface area contributed by atoms with Crippen LogP contribution >= 0.6 is 22.7 Å². The zero-order valence-corrected chi connectivity index (χ0v) is 35.6. The van der Waals surface area contributed by atoms with E-state index in [9.17, 15) is 0 Å². The minimum atomic E-state index is 0.596. The van der Waals surface area contributed by atoms with E-state index in [1.807, 2.05) is 41.7 Å². The van der Waals surface area contributed by atoms with E-state index in [0.717, 1.165) is 60.1 Å². The van der Waals surface area contributed by atoms with Crippen LogP contribution in [-0.4, -0.2) is 19.5 Å². The highest BCUT2D eigenvalue weighted by Gasteiger charge is 2.23. The van der Waals surface area contributed by atoms with Crippen molar-refractivity contribution in [3.8, 4) is 51.0 Å². The number of rotatable bonds is 5. The van der Waals surface area contributed by atoms with Gasteiger partial charge in [-0.15, -0.1) is 22.7 Å². The molecule has 0 radical (unpaired) electrons. The molecular weight excluding hydrogens is 821 g/mol. The van der Waals surface area contributed by atoms with Crippen molar-refractivity contribution in [2.24, 2.45) is 0 Å². The molecule has 64 heavy (non-hydrogen) atoms. The topological polar surface area (TPSA) is 56.7 Å². The van der Waals surface area contributed by atoms with Crippen LogP contribution in [0.15, 0.2) is 199 Å². The fraction of sp³-hybridized carbons (Fsp3) is 0. The number of nitrogens with zero attached hydrogens (tertiary/aromatic N) is 4. The first-order valence-electron chi connectivity index (χ1n) is 21.3. The van der Waals surface area contributed by atoms with Crippen molar-refractivity contribution in [1.82, 2.24) is 19.5 Å². The molecule has 0 saturated heterocycles. The van der Waals surface area contributed by atoms with Crippen molar-refractivity contribution >= 4 is 107 Å². The zero-order chi connectivity index (χ0) is 41.9. The van der Waals surface area contributed by atoms with E-state index >= 15 is 0 Å². The van der Waals surface area contributed by atoms with E-state index < -0.39 is 0 Å². The quantitative estimate of drug-likeness (QED) is 0.173. The number of furan rings is 1. The average molecular weight is 853 g/mol. The monoisotopic (exact) mass is 852 g/mol. The number of fused-ring (bicyclic) bond motifs is 13. The van der Waals surface area contributed by atoms with E-state index in [-0.39, 0.29) is 0 Å². The Morgan fingerprint density at radius 3 is 1.88 bits per heavy atom. The van der Waals surface area contributed by atoms with Crippen molar-refractivity contribution in [3.63, 3.8) is 0 Å². The van der Waals surface area contributed by atoms with Gasteiger partial charge >= 0.3 is 0 Å². The summed E-state index contributed by atoms with van der Waals surface area (Å²) in [5, 5.41) is 9.52. The minimum Gasteiger partial charge on any atom is -0.456 e. The first kappa shape index (κ1) is 35.6. The van der Waals surface area contributed by atoms with Gasteiger partial charge in [-0.2, -0.15) is 0 Å². The maximum atomic E-state index is 6.66. The molecule has 0 aliphatic carbocycles. The summed E-state index contributed by atoms with van der Waals surface area (Å²) in [6.07, 6.45) is 0. The van der Waals surface area contributed by atoms with Gasteiger partial charge in [0, 0.05) is 89.8 Å². The molecule has 9 aromatic carbocycles. The second kappa shape index (κ2) is 13.8. The van der Waals surface area contributed by atoms with Crippen LogP contribution in [0.1, 0.15) is 0 Å². The summed E-state index contributed by atoms with van der Waals surface area (Å²) in [6.45, 7) is 0. The fourth-order valence-electron chi connectivity index (χ4n) is 9.89. The molecule has 0 bridgehead atoms. The van der Waals surface area contributed by atoms with Crippen LogP contribution in [0.4, 0.5) is 0 Å². The lowest BCUT2D eigenvalue weighted by molar-refractivity contribution is 0.669. The van der Waals surface area contributed by atoms with Crippen molar-refractivity contribution in [2.45, 2.75) is 0 Å². The van der Waals surface area contributed by atoms with E-state index in [1.165, 1.54) is 57.5 Å². The summed E-state index contributed by atoms with van der Waals surface area (Å²) in [5.74, 6) is 1.86. The zero-order valence-electron chi connectivity index (χ0n) is 34.0. The summed E-state index contributed by atoms with van der Waals surface area (Å²) in [7, 11) is 0. The van der Waals surface area contributed by atoms with Gasteiger partial charge in [-0.1, -0.05) is 133 Å². The summed E-state index contributed by atoms with van der Waals surface area (Å²) < 4.78 is 14.1. The highest BCUT2D eigenvalue weighted by Crippen LogP contribution is 2.47. The Morgan fingerprint density at radius 1 is 0.375 bits per heavy atom. The van der Waals surface area contributed by atoms with Crippen LogP contribution in [-0.2, 0) is 0 Å². The number of hydrogen-bond acceptors (Lipinski definition) is 6. The molecule has 0 aliphatic rings. The van der Waals surface area contributed by atoms with Crippen LogP contribution < -0.4 is 0 Å². The number of benzene rings is 9. The van der Waals surface area contributed by atoms with Gasteiger partial charge in [0.2, 0.25) is 0 Å². The third kappa shape index (κ3) is 5.26. The van der Waals surface area contributed by atoms with Gasteiger partial charge in [-0.25, -0.2) is 15.0 Å². The predicted molar refractivity (Wildman–Crippen MR) is 269 cm³/mol. The van der Waals surface area contributed by atoms with Crippen molar-refractivity contribution < 1.29 is 4.42 Å². The minimum absolute atomic E-state index is 0.596. The van der Waals surface area contributed by atoms with Crippen LogP contribution in [0, 0.1) is 0 Å². The Bertz CT molecular complexity index is 4200. The van der Waals surface area contributed by atoms with Gasteiger partial charge in [0.1, 0.15) is 11.2 Å². The molecule has 5 nitrogen and oxygen atoms in total. The van der Waals surface area contributed by atoms with Crippen molar-refractivity contribution in [1.29, 1.82) is 0 Å².